The highest BCUT2D eigenvalue weighted by Crippen LogP contribution is 2.54. The standard InChI is InChI=1S/C20H20N2O4S2/c23-17(21-11-15-7-4-10-27-15)12-26-19(25)16-13-28-20(9-8-18(24)22(16)20)14-5-2-1-3-6-14/h1-7,10,16H,8-9,11-13H2,(H,21,23)/t16-,20-/m0/s1. The minimum atomic E-state index is -0.662. The Morgan fingerprint density at radius 2 is 2.04 bits per heavy atom. The molecular formula is C20H20N2O4S2. The molecule has 1 N–H and O–H groups in total. The van der Waals surface area contributed by atoms with E-state index in [4.69, 9.17) is 4.74 Å². The van der Waals surface area contributed by atoms with Crippen LogP contribution in [0, 0.1) is 0 Å². The van der Waals surface area contributed by atoms with E-state index in [1.165, 1.54) is 0 Å². The number of thiophene rings is 1. The predicted molar refractivity (Wildman–Crippen MR) is 108 cm³/mol. The summed E-state index contributed by atoms with van der Waals surface area (Å²) < 4.78 is 5.24. The van der Waals surface area contributed by atoms with Gasteiger partial charge in [-0.3, -0.25) is 9.59 Å². The Labute approximate surface area is 171 Å². The SMILES string of the molecule is O=C(COC(=O)[C@@H]1CS[C@]2(c3ccccc3)CCC(=O)N12)NCc1cccs1. The molecule has 4 rings (SSSR count). The van der Waals surface area contributed by atoms with Crippen molar-refractivity contribution in [3.05, 3.63) is 58.3 Å². The molecule has 2 aliphatic heterocycles. The highest BCUT2D eigenvalue weighted by atomic mass is 32.2. The number of rotatable bonds is 6. The average Bonchev–Trinajstić information content (AvgIpc) is 3.43. The average molecular weight is 417 g/mol. The summed E-state index contributed by atoms with van der Waals surface area (Å²) in [6.45, 7) is 0.0702. The molecule has 0 radical (unpaired) electrons. The number of benzene rings is 1. The van der Waals surface area contributed by atoms with Crippen LogP contribution in [0.15, 0.2) is 47.8 Å². The number of amides is 2. The molecule has 0 bridgehead atoms. The maximum atomic E-state index is 12.6. The zero-order chi connectivity index (χ0) is 19.6. The molecule has 2 fully saturated rings. The summed E-state index contributed by atoms with van der Waals surface area (Å²) in [5.74, 6) is -0.449. The van der Waals surface area contributed by atoms with Crippen molar-refractivity contribution in [2.75, 3.05) is 12.4 Å². The van der Waals surface area contributed by atoms with Gasteiger partial charge in [0, 0.05) is 17.1 Å². The minimum absolute atomic E-state index is 0.0436. The van der Waals surface area contributed by atoms with Crippen LogP contribution >= 0.6 is 23.1 Å². The van der Waals surface area contributed by atoms with Gasteiger partial charge in [0.05, 0.1) is 6.54 Å². The van der Waals surface area contributed by atoms with Crippen LogP contribution in [-0.2, 0) is 30.5 Å². The van der Waals surface area contributed by atoms with Gasteiger partial charge in [-0.15, -0.1) is 23.1 Å². The van der Waals surface area contributed by atoms with E-state index in [0.717, 1.165) is 10.4 Å². The van der Waals surface area contributed by atoms with E-state index in [-0.39, 0.29) is 18.4 Å². The van der Waals surface area contributed by atoms with E-state index in [9.17, 15) is 14.4 Å². The van der Waals surface area contributed by atoms with Gasteiger partial charge in [0.2, 0.25) is 5.91 Å². The Morgan fingerprint density at radius 1 is 1.21 bits per heavy atom. The first-order chi connectivity index (χ1) is 13.6. The molecule has 6 nitrogen and oxygen atoms in total. The van der Waals surface area contributed by atoms with Crippen LogP contribution in [0.3, 0.4) is 0 Å². The Bertz CT molecular complexity index is 872. The number of esters is 1. The van der Waals surface area contributed by atoms with Crippen molar-refractivity contribution in [3.63, 3.8) is 0 Å². The molecule has 0 unspecified atom stereocenters. The first-order valence-electron chi connectivity index (χ1n) is 9.07. The van der Waals surface area contributed by atoms with Gasteiger partial charge in [-0.25, -0.2) is 4.79 Å². The number of thioether (sulfide) groups is 1. The summed E-state index contributed by atoms with van der Waals surface area (Å²) in [4.78, 5) is 39.3. The van der Waals surface area contributed by atoms with E-state index in [0.29, 0.717) is 25.1 Å². The van der Waals surface area contributed by atoms with Gasteiger partial charge in [0.1, 0.15) is 10.9 Å². The van der Waals surface area contributed by atoms with Crippen molar-refractivity contribution >= 4 is 40.9 Å². The van der Waals surface area contributed by atoms with Gasteiger partial charge in [-0.2, -0.15) is 0 Å². The number of hydrogen-bond acceptors (Lipinski definition) is 6. The number of carbonyl (C=O) groups is 3. The topological polar surface area (TPSA) is 75.7 Å². The summed E-state index contributed by atoms with van der Waals surface area (Å²) in [7, 11) is 0. The van der Waals surface area contributed by atoms with E-state index >= 15 is 0 Å². The first-order valence-corrected chi connectivity index (χ1v) is 10.9. The molecule has 28 heavy (non-hydrogen) atoms. The second-order valence-electron chi connectivity index (χ2n) is 6.70. The molecule has 1 aromatic carbocycles. The van der Waals surface area contributed by atoms with Crippen LogP contribution in [0.2, 0.25) is 0 Å². The van der Waals surface area contributed by atoms with E-state index in [1.54, 1.807) is 28.0 Å². The minimum Gasteiger partial charge on any atom is -0.454 e. The summed E-state index contributed by atoms with van der Waals surface area (Å²) in [5, 5.41) is 4.66. The van der Waals surface area contributed by atoms with Gasteiger partial charge in [-0.05, 0) is 23.4 Å². The summed E-state index contributed by atoms with van der Waals surface area (Å²) in [6, 6.07) is 13.0. The van der Waals surface area contributed by atoms with Crippen molar-refractivity contribution in [1.29, 1.82) is 0 Å². The van der Waals surface area contributed by atoms with Crippen molar-refractivity contribution in [1.82, 2.24) is 10.2 Å². The molecule has 2 aliphatic rings. The molecule has 2 amide bonds. The number of nitrogens with zero attached hydrogens (tertiary/aromatic N) is 1. The lowest BCUT2D eigenvalue weighted by atomic mass is 10.0. The van der Waals surface area contributed by atoms with Crippen LogP contribution in [0.25, 0.3) is 0 Å². The smallest absolute Gasteiger partial charge is 0.330 e. The first kappa shape index (κ1) is 19.0. The zero-order valence-corrected chi connectivity index (χ0v) is 16.8. The molecule has 0 saturated carbocycles. The Hall–Kier alpha value is -2.32. The lowest BCUT2D eigenvalue weighted by Gasteiger charge is -2.33. The third-order valence-corrected chi connectivity index (χ3v) is 7.48. The number of ether oxygens (including phenoxy) is 1. The van der Waals surface area contributed by atoms with E-state index < -0.39 is 16.9 Å². The van der Waals surface area contributed by atoms with Gasteiger partial charge in [0.15, 0.2) is 6.61 Å². The quantitative estimate of drug-likeness (QED) is 0.733. The molecule has 2 atom stereocenters. The van der Waals surface area contributed by atoms with Crippen LogP contribution < -0.4 is 5.32 Å². The second kappa shape index (κ2) is 7.97. The van der Waals surface area contributed by atoms with Gasteiger partial charge in [-0.1, -0.05) is 36.4 Å². The third-order valence-electron chi connectivity index (χ3n) is 5.01. The molecule has 2 saturated heterocycles. The zero-order valence-electron chi connectivity index (χ0n) is 15.1. The molecule has 2 aromatic rings. The fourth-order valence-electron chi connectivity index (χ4n) is 3.70. The third kappa shape index (κ3) is 3.54. The maximum absolute atomic E-state index is 12.6. The molecule has 1 aromatic heterocycles. The monoisotopic (exact) mass is 416 g/mol. The van der Waals surface area contributed by atoms with Crippen LogP contribution in [-0.4, -0.2) is 41.1 Å². The normalized spacial score (nSPS) is 23.5. The number of nitrogens with one attached hydrogen (secondary N) is 1. The number of carbonyl (C=O) groups excluding carboxylic acids is 3. The summed E-state index contributed by atoms with van der Waals surface area (Å²) in [6.07, 6.45) is 1.08. The Morgan fingerprint density at radius 3 is 2.79 bits per heavy atom. The van der Waals surface area contributed by atoms with Crippen LogP contribution in [0.4, 0.5) is 0 Å². The molecule has 8 heteroatoms. The predicted octanol–water partition coefficient (Wildman–Crippen LogP) is 2.50. The van der Waals surface area contributed by atoms with Crippen molar-refractivity contribution in [2.24, 2.45) is 0 Å². The van der Waals surface area contributed by atoms with Crippen molar-refractivity contribution in [2.45, 2.75) is 30.3 Å². The number of fused-ring (bicyclic) bond motifs is 1. The second-order valence-corrected chi connectivity index (χ2v) is 9.03. The molecule has 146 valence electrons. The number of hydrogen-bond donors (Lipinski definition) is 1. The lowest BCUT2D eigenvalue weighted by molar-refractivity contribution is -0.156. The highest BCUT2D eigenvalue weighted by molar-refractivity contribution is 8.00. The molecule has 3 heterocycles. The fraction of sp³-hybridized carbons (Fsp3) is 0.350. The summed E-state index contributed by atoms with van der Waals surface area (Å²) >= 11 is 3.15. The van der Waals surface area contributed by atoms with Crippen LogP contribution in [0.1, 0.15) is 23.3 Å². The largest absolute Gasteiger partial charge is 0.454 e. The van der Waals surface area contributed by atoms with Crippen molar-refractivity contribution < 1.29 is 19.1 Å². The highest BCUT2D eigenvalue weighted by Gasteiger charge is 2.57. The lowest BCUT2D eigenvalue weighted by Crippen LogP contribution is -2.47. The summed E-state index contributed by atoms with van der Waals surface area (Å²) in [5.41, 5.74) is 1.02. The fourth-order valence-corrected chi connectivity index (χ4v) is 5.98. The van der Waals surface area contributed by atoms with Gasteiger partial charge < -0.3 is 15.0 Å². The van der Waals surface area contributed by atoms with E-state index in [2.05, 4.69) is 5.32 Å². The van der Waals surface area contributed by atoms with Gasteiger partial charge >= 0.3 is 5.97 Å². The van der Waals surface area contributed by atoms with Crippen molar-refractivity contribution in [3.8, 4) is 0 Å². The van der Waals surface area contributed by atoms with Gasteiger partial charge in [0.25, 0.3) is 5.91 Å². The maximum Gasteiger partial charge on any atom is 0.330 e. The Kier molecular flexibility index (Phi) is 5.41. The van der Waals surface area contributed by atoms with Crippen LogP contribution in [0.5, 0.6) is 0 Å². The Balaban J connectivity index is 1.38. The molecular weight excluding hydrogens is 396 g/mol. The molecule has 0 spiro atoms. The van der Waals surface area contributed by atoms with E-state index in [1.807, 2.05) is 47.8 Å². The molecule has 0 aliphatic carbocycles.